The molecule has 2 rings (SSSR count). The van der Waals surface area contributed by atoms with Gasteiger partial charge in [-0.25, -0.2) is 9.37 Å². The number of halogens is 1. The minimum atomic E-state index is -0.326. The van der Waals surface area contributed by atoms with Crippen LogP contribution in [0.1, 0.15) is 13.8 Å². The van der Waals surface area contributed by atoms with Crippen molar-refractivity contribution < 1.29 is 4.39 Å². The third-order valence-electron chi connectivity index (χ3n) is 3.09. The molecule has 0 saturated heterocycles. The highest BCUT2D eigenvalue weighted by Crippen LogP contribution is 2.26. The number of hydrogen-bond acceptors (Lipinski definition) is 3. The van der Waals surface area contributed by atoms with Crippen LogP contribution in [0.15, 0.2) is 18.2 Å². The Hall–Kier alpha value is -1.62. The summed E-state index contributed by atoms with van der Waals surface area (Å²) in [7, 11) is 4.08. The molecule has 0 aliphatic heterocycles. The topological polar surface area (TPSA) is 47.1 Å². The van der Waals surface area contributed by atoms with E-state index in [0.29, 0.717) is 18.0 Å². The fourth-order valence-electron chi connectivity index (χ4n) is 2.63. The zero-order chi connectivity index (χ0) is 14.2. The van der Waals surface area contributed by atoms with Gasteiger partial charge in [0, 0.05) is 13.1 Å². The molecule has 0 saturated carbocycles. The van der Waals surface area contributed by atoms with E-state index in [9.17, 15) is 4.39 Å². The van der Waals surface area contributed by atoms with Gasteiger partial charge in [-0.3, -0.25) is 0 Å². The summed E-state index contributed by atoms with van der Waals surface area (Å²) in [5.74, 6) is 0.0419. The van der Waals surface area contributed by atoms with Crippen molar-refractivity contribution in [2.24, 2.45) is 5.41 Å². The molecule has 4 nitrogen and oxygen atoms in total. The maximum absolute atomic E-state index is 13.7. The number of benzene rings is 1. The highest BCUT2D eigenvalue weighted by Gasteiger charge is 2.22. The van der Waals surface area contributed by atoms with E-state index in [4.69, 9.17) is 5.73 Å². The molecule has 2 N–H and O–H groups in total. The molecule has 0 aliphatic rings. The quantitative estimate of drug-likeness (QED) is 0.922. The molecular weight excluding hydrogens is 243 g/mol. The predicted molar refractivity (Wildman–Crippen MR) is 76.4 cm³/mol. The molecule has 104 valence electrons. The Labute approximate surface area is 113 Å². The zero-order valence-corrected chi connectivity index (χ0v) is 11.9. The molecule has 0 radical (unpaired) electrons. The minimum Gasteiger partial charge on any atom is -0.369 e. The number of nitrogens with zero attached hydrogens (tertiary/aromatic N) is 3. The Morgan fingerprint density at radius 3 is 2.68 bits per heavy atom. The molecular formula is C14H21FN4. The van der Waals surface area contributed by atoms with Crippen LogP contribution in [0.5, 0.6) is 0 Å². The van der Waals surface area contributed by atoms with Crippen LogP contribution >= 0.6 is 0 Å². The van der Waals surface area contributed by atoms with Gasteiger partial charge < -0.3 is 15.2 Å². The summed E-state index contributed by atoms with van der Waals surface area (Å²) in [6.07, 6.45) is 0. The van der Waals surface area contributed by atoms with Crippen molar-refractivity contribution in [1.29, 1.82) is 0 Å². The van der Waals surface area contributed by atoms with Crippen molar-refractivity contribution in [3.63, 3.8) is 0 Å². The Bertz CT molecular complexity index is 586. The van der Waals surface area contributed by atoms with Gasteiger partial charge in [-0.2, -0.15) is 0 Å². The van der Waals surface area contributed by atoms with E-state index in [1.807, 2.05) is 24.7 Å². The number of aromatic nitrogens is 2. The smallest absolute Gasteiger partial charge is 0.201 e. The van der Waals surface area contributed by atoms with E-state index in [-0.39, 0.29) is 11.2 Å². The minimum absolute atomic E-state index is 0.0254. The molecule has 2 aromatic rings. The summed E-state index contributed by atoms with van der Waals surface area (Å²) in [6, 6.07) is 4.95. The average molecular weight is 264 g/mol. The maximum Gasteiger partial charge on any atom is 0.201 e. The normalized spacial score (nSPS) is 12.5. The number of nitrogen functional groups attached to an aromatic ring is 1. The van der Waals surface area contributed by atoms with Crippen LogP contribution < -0.4 is 5.73 Å². The van der Waals surface area contributed by atoms with Gasteiger partial charge in [-0.05, 0) is 31.6 Å². The predicted octanol–water partition coefficient (Wildman–Crippen LogP) is 2.35. The molecule has 0 amide bonds. The number of anilines is 1. The van der Waals surface area contributed by atoms with Crippen molar-refractivity contribution in [2.75, 3.05) is 26.4 Å². The number of imidazole rings is 1. The van der Waals surface area contributed by atoms with Crippen LogP contribution in [0.2, 0.25) is 0 Å². The van der Waals surface area contributed by atoms with Crippen LogP contribution in [0, 0.1) is 11.2 Å². The molecule has 0 spiro atoms. The van der Waals surface area contributed by atoms with Crippen LogP contribution in [0.25, 0.3) is 11.0 Å². The van der Waals surface area contributed by atoms with Crippen LogP contribution in [0.3, 0.4) is 0 Å². The average Bonchev–Trinajstić information content (AvgIpc) is 2.56. The van der Waals surface area contributed by atoms with Gasteiger partial charge in [0.1, 0.15) is 5.52 Å². The van der Waals surface area contributed by atoms with Crippen molar-refractivity contribution in [1.82, 2.24) is 14.5 Å². The SMILES string of the molecule is CN(C)CC(C)(C)Cn1c(N)nc2c(F)cccc21. The molecule has 0 fully saturated rings. The summed E-state index contributed by atoms with van der Waals surface area (Å²) in [6.45, 7) is 5.95. The lowest BCUT2D eigenvalue weighted by Gasteiger charge is -2.29. The summed E-state index contributed by atoms with van der Waals surface area (Å²) < 4.78 is 15.6. The Morgan fingerprint density at radius 1 is 1.37 bits per heavy atom. The first-order valence-electron chi connectivity index (χ1n) is 6.35. The van der Waals surface area contributed by atoms with Gasteiger partial charge in [-0.1, -0.05) is 19.9 Å². The van der Waals surface area contributed by atoms with Gasteiger partial charge in [0.15, 0.2) is 5.82 Å². The number of fused-ring (bicyclic) bond motifs is 1. The Morgan fingerprint density at radius 2 is 2.05 bits per heavy atom. The lowest BCUT2D eigenvalue weighted by molar-refractivity contribution is 0.214. The summed E-state index contributed by atoms with van der Waals surface area (Å²) in [4.78, 5) is 6.26. The third kappa shape index (κ3) is 2.87. The summed E-state index contributed by atoms with van der Waals surface area (Å²) in [5.41, 5.74) is 7.06. The summed E-state index contributed by atoms with van der Waals surface area (Å²) in [5, 5.41) is 0. The van der Waals surface area contributed by atoms with Crippen LogP contribution in [0.4, 0.5) is 10.3 Å². The second kappa shape index (κ2) is 4.81. The fraction of sp³-hybridized carbons (Fsp3) is 0.500. The molecule has 0 atom stereocenters. The fourth-order valence-corrected chi connectivity index (χ4v) is 2.63. The second-order valence-corrected chi connectivity index (χ2v) is 6.07. The first-order chi connectivity index (χ1) is 8.80. The van der Waals surface area contributed by atoms with Gasteiger partial charge in [0.2, 0.25) is 5.95 Å². The molecule has 1 aromatic carbocycles. The van der Waals surface area contributed by atoms with Crippen molar-refractivity contribution in [2.45, 2.75) is 20.4 Å². The third-order valence-corrected chi connectivity index (χ3v) is 3.09. The van der Waals surface area contributed by atoms with Crippen molar-refractivity contribution >= 4 is 17.0 Å². The molecule has 0 aliphatic carbocycles. The van der Waals surface area contributed by atoms with Crippen molar-refractivity contribution in [3.8, 4) is 0 Å². The van der Waals surface area contributed by atoms with Crippen LogP contribution in [-0.4, -0.2) is 35.1 Å². The van der Waals surface area contributed by atoms with Gasteiger partial charge in [-0.15, -0.1) is 0 Å². The van der Waals surface area contributed by atoms with E-state index in [0.717, 1.165) is 12.1 Å². The van der Waals surface area contributed by atoms with Gasteiger partial charge >= 0.3 is 0 Å². The maximum atomic E-state index is 13.7. The van der Waals surface area contributed by atoms with E-state index in [1.165, 1.54) is 6.07 Å². The highest BCUT2D eigenvalue weighted by molar-refractivity contribution is 5.78. The molecule has 0 bridgehead atoms. The number of para-hydroxylation sites is 1. The van der Waals surface area contributed by atoms with E-state index < -0.39 is 0 Å². The first kappa shape index (κ1) is 13.8. The summed E-state index contributed by atoms with van der Waals surface area (Å²) >= 11 is 0. The molecule has 5 heteroatoms. The number of nitrogens with two attached hydrogens (primary N) is 1. The van der Waals surface area contributed by atoms with E-state index >= 15 is 0 Å². The molecule has 19 heavy (non-hydrogen) atoms. The molecule has 1 heterocycles. The standard InChI is InChI=1S/C14H21FN4/c1-14(2,8-18(3)4)9-19-11-7-5-6-10(15)12(11)17-13(19)16/h5-7H,8-9H2,1-4H3,(H2,16,17). The lowest BCUT2D eigenvalue weighted by atomic mass is 9.93. The molecule has 1 aromatic heterocycles. The Kier molecular flexibility index (Phi) is 3.49. The largest absolute Gasteiger partial charge is 0.369 e. The molecule has 0 unspecified atom stereocenters. The van der Waals surface area contributed by atoms with E-state index in [1.54, 1.807) is 6.07 Å². The highest BCUT2D eigenvalue weighted by atomic mass is 19.1. The number of rotatable bonds is 4. The van der Waals surface area contributed by atoms with Crippen LogP contribution in [-0.2, 0) is 6.54 Å². The van der Waals surface area contributed by atoms with E-state index in [2.05, 4.69) is 23.7 Å². The van der Waals surface area contributed by atoms with Gasteiger partial charge in [0.25, 0.3) is 0 Å². The monoisotopic (exact) mass is 264 g/mol. The second-order valence-electron chi connectivity index (χ2n) is 6.07. The lowest BCUT2D eigenvalue weighted by Crippen LogP contribution is -2.32. The first-order valence-corrected chi connectivity index (χ1v) is 6.35. The van der Waals surface area contributed by atoms with Crippen molar-refractivity contribution in [3.05, 3.63) is 24.0 Å². The van der Waals surface area contributed by atoms with Gasteiger partial charge in [0.05, 0.1) is 5.52 Å². The number of hydrogen-bond donors (Lipinski definition) is 1. The Balaban J connectivity index is 2.40. The zero-order valence-electron chi connectivity index (χ0n) is 11.9.